The third-order valence-corrected chi connectivity index (χ3v) is 3.86. The summed E-state index contributed by atoms with van der Waals surface area (Å²) in [5.41, 5.74) is 1.42. The van der Waals surface area contributed by atoms with Crippen LogP contribution in [-0.2, 0) is 6.54 Å². The lowest BCUT2D eigenvalue weighted by molar-refractivity contribution is 0.210. The van der Waals surface area contributed by atoms with Crippen LogP contribution in [0.3, 0.4) is 0 Å². The lowest BCUT2D eigenvalue weighted by atomic mass is 10.1. The van der Waals surface area contributed by atoms with E-state index >= 15 is 0 Å². The molecule has 1 aromatic rings. The summed E-state index contributed by atoms with van der Waals surface area (Å²) in [6.45, 7) is 8.87. The number of pyridine rings is 1. The van der Waals surface area contributed by atoms with E-state index in [0.29, 0.717) is 6.54 Å². The lowest BCUT2D eigenvalue weighted by Gasteiger charge is -2.29. The number of piperidine rings is 1. The van der Waals surface area contributed by atoms with Crippen molar-refractivity contribution < 1.29 is 5.11 Å². The fourth-order valence-electron chi connectivity index (χ4n) is 3.00. The first-order valence-corrected chi connectivity index (χ1v) is 7.17. The van der Waals surface area contributed by atoms with E-state index in [1.54, 1.807) is 0 Å². The van der Waals surface area contributed by atoms with E-state index in [1.165, 1.54) is 25.3 Å². The standard InChI is InChI=1S/C15H24N2O2/c1-11(2)17-12(3)9-14(18)15(19)13(17)10-16-7-5-4-6-8-16/h9,11,19H,4-8,10H2,1-3H3. The number of hydrogen-bond acceptors (Lipinski definition) is 3. The second kappa shape index (κ2) is 5.78. The molecule has 1 fully saturated rings. The number of aromatic nitrogens is 1. The van der Waals surface area contributed by atoms with Gasteiger partial charge in [0.1, 0.15) is 0 Å². The van der Waals surface area contributed by atoms with Gasteiger partial charge in [-0.15, -0.1) is 0 Å². The maximum Gasteiger partial charge on any atom is 0.223 e. The van der Waals surface area contributed by atoms with Gasteiger partial charge in [0, 0.05) is 24.3 Å². The summed E-state index contributed by atoms with van der Waals surface area (Å²) in [5, 5.41) is 10.1. The minimum absolute atomic E-state index is 0.0788. The molecule has 1 saturated heterocycles. The van der Waals surface area contributed by atoms with Gasteiger partial charge in [-0.3, -0.25) is 9.69 Å². The molecule has 1 aliphatic rings. The summed E-state index contributed by atoms with van der Waals surface area (Å²) in [5.74, 6) is -0.0788. The van der Waals surface area contributed by atoms with Gasteiger partial charge in [-0.2, -0.15) is 0 Å². The predicted octanol–water partition coefficient (Wildman–Crippen LogP) is 2.43. The maximum absolute atomic E-state index is 11.8. The first-order valence-electron chi connectivity index (χ1n) is 7.17. The molecular formula is C15H24N2O2. The molecule has 0 saturated carbocycles. The van der Waals surface area contributed by atoms with Crippen molar-refractivity contribution >= 4 is 0 Å². The largest absolute Gasteiger partial charge is 0.503 e. The molecule has 0 aliphatic carbocycles. The van der Waals surface area contributed by atoms with Crippen LogP contribution in [0, 0.1) is 6.92 Å². The molecule has 1 aliphatic heterocycles. The fourth-order valence-corrected chi connectivity index (χ4v) is 3.00. The summed E-state index contributed by atoms with van der Waals surface area (Å²) in [4.78, 5) is 14.1. The Balaban J connectivity index is 2.38. The topological polar surface area (TPSA) is 45.5 Å². The number of rotatable bonds is 3. The van der Waals surface area contributed by atoms with E-state index in [4.69, 9.17) is 0 Å². The first-order chi connectivity index (χ1) is 9.00. The zero-order valence-corrected chi connectivity index (χ0v) is 12.1. The monoisotopic (exact) mass is 264 g/mol. The van der Waals surface area contributed by atoms with Crippen molar-refractivity contribution in [1.82, 2.24) is 9.47 Å². The van der Waals surface area contributed by atoms with Crippen LogP contribution in [0.5, 0.6) is 5.75 Å². The third kappa shape index (κ3) is 3.00. The number of aromatic hydroxyl groups is 1. The highest BCUT2D eigenvalue weighted by molar-refractivity contribution is 5.30. The zero-order valence-electron chi connectivity index (χ0n) is 12.1. The van der Waals surface area contributed by atoms with E-state index in [9.17, 15) is 9.90 Å². The molecule has 0 unspecified atom stereocenters. The number of nitrogens with zero attached hydrogens (tertiary/aromatic N) is 2. The molecule has 106 valence electrons. The molecule has 4 nitrogen and oxygen atoms in total. The van der Waals surface area contributed by atoms with Gasteiger partial charge in [-0.25, -0.2) is 0 Å². The Morgan fingerprint density at radius 2 is 1.89 bits per heavy atom. The van der Waals surface area contributed by atoms with E-state index < -0.39 is 0 Å². The highest BCUT2D eigenvalue weighted by Crippen LogP contribution is 2.22. The van der Waals surface area contributed by atoms with Crippen molar-refractivity contribution in [3.8, 4) is 5.75 Å². The Labute approximate surface area is 114 Å². The first kappa shape index (κ1) is 14.1. The molecule has 1 aromatic heterocycles. The van der Waals surface area contributed by atoms with Crippen LogP contribution in [-0.4, -0.2) is 27.7 Å². The number of likely N-dealkylation sites (tertiary alicyclic amines) is 1. The highest BCUT2D eigenvalue weighted by Gasteiger charge is 2.19. The summed E-state index contributed by atoms with van der Waals surface area (Å²) in [7, 11) is 0. The maximum atomic E-state index is 11.8. The second-order valence-electron chi connectivity index (χ2n) is 5.75. The molecule has 1 N–H and O–H groups in total. The molecule has 0 radical (unpaired) electrons. The SMILES string of the molecule is Cc1cc(=O)c(O)c(CN2CCCCC2)n1C(C)C. The van der Waals surface area contributed by atoms with Gasteiger partial charge in [-0.1, -0.05) is 6.42 Å². The van der Waals surface area contributed by atoms with Crippen molar-refractivity contribution in [1.29, 1.82) is 0 Å². The van der Waals surface area contributed by atoms with Crippen molar-refractivity contribution in [2.24, 2.45) is 0 Å². The van der Waals surface area contributed by atoms with Crippen LogP contribution in [0.4, 0.5) is 0 Å². The Hall–Kier alpha value is -1.29. The van der Waals surface area contributed by atoms with Gasteiger partial charge < -0.3 is 9.67 Å². The molecule has 2 rings (SSSR count). The molecule has 19 heavy (non-hydrogen) atoms. The molecule has 0 amide bonds. The molecule has 2 heterocycles. The summed E-state index contributed by atoms with van der Waals surface area (Å²) in [6, 6.07) is 1.76. The Bertz CT molecular complexity index is 500. The number of aryl methyl sites for hydroxylation is 1. The molecule has 4 heteroatoms. The summed E-state index contributed by atoms with van der Waals surface area (Å²) < 4.78 is 2.07. The molecule has 0 bridgehead atoms. The van der Waals surface area contributed by atoms with Crippen LogP contribution >= 0.6 is 0 Å². The van der Waals surface area contributed by atoms with Crippen LogP contribution in [0.2, 0.25) is 0 Å². The normalized spacial score (nSPS) is 17.1. The van der Waals surface area contributed by atoms with Crippen molar-refractivity contribution in [3.63, 3.8) is 0 Å². The van der Waals surface area contributed by atoms with Crippen molar-refractivity contribution in [2.45, 2.75) is 52.6 Å². The Morgan fingerprint density at radius 3 is 2.47 bits per heavy atom. The summed E-state index contributed by atoms with van der Waals surface area (Å²) >= 11 is 0. The average molecular weight is 264 g/mol. The quantitative estimate of drug-likeness (QED) is 0.912. The smallest absolute Gasteiger partial charge is 0.223 e. The third-order valence-electron chi connectivity index (χ3n) is 3.86. The predicted molar refractivity (Wildman–Crippen MR) is 76.6 cm³/mol. The van der Waals surface area contributed by atoms with E-state index in [0.717, 1.165) is 24.5 Å². The van der Waals surface area contributed by atoms with Crippen LogP contribution in [0.1, 0.15) is 50.5 Å². The Morgan fingerprint density at radius 1 is 1.26 bits per heavy atom. The molecule has 0 spiro atoms. The van der Waals surface area contributed by atoms with Crippen LogP contribution < -0.4 is 5.43 Å². The van der Waals surface area contributed by atoms with Gasteiger partial charge >= 0.3 is 0 Å². The van der Waals surface area contributed by atoms with Crippen LogP contribution in [0.15, 0.2) is 10.9 Å². The van der Waals surface area contributed by atoms with Gasteiger partial charge in [-0.05, 0) is 46.7 Å². The van der Waals surface area contributed by atoms with Gasteiger partial charge in [0.25, 0.3) is 0 Å². The summed E-state index contributed by atoms with van der Waals surface area (Å²) in [6.07, 6.45) is 3.70. The van der Waals surface area contributed by atoms with E-state index in [1.807, 2.05) is 6.92 Å². The molecule has 0 aromatic carbocycles. The van der Waals surface area contributed by atoms with Gasteiger partial charge in [0.2, 0.25) is 5.43 Å². The number of hydrogen-bond donors (Lipinski definition) is 1. The second-order valence-corrected chi connectivity index (χ2v) is 5.75. The van der Waals surface area contributed by atoms with Crippen molar-refractivity contribution in [3.05, 3.63) is 27.7 Å². The molecule has 0 atom stereocenters. The Kier molecular flexibility index (Phi) is 4.30. The van der Waals surface area contributed by atoms with Crippen LogP contribution in [0.25, 0.3) is 0 Å². The average Bonchev–Trinajstić information content (AvgIpc) is 2.36. The van der Waals surface area contributed by atoms with E-state index in [-0.39, 0.29) is 17.2 Å². The van der Waals surface area contributed by atoms with Gasteiger partial charge in [0.15, 0.2) is 5.75 Å². The minimum Gasteiger partial charge on any atom is -0.503 e. The highest BCUT2D eigenvalue weighted by atomic mass is 16.3. The molecular weight excluding hydrogens is 240 g/mol. The van der Waals surface area contributed by atoms with E-state index in [2.05, 4.69) is 23.3 Å². The van der Waals surface area contributed by atoms with Crippen molar-refractivity contribution in [2.75, 3.05) is 13.1 Å². The zero-order chi connectivity index (χ0) is 14.0. The fraction of sp³-hybridized carbons (Fsp3) is 0.667. The lowest BCUT2D eigenvalue weighted by Crippen LogP contribution is -2.32. The van der Waals surface area contributed by atoms with Gasteiger partial charge in [0.05, 0.1) is 5.69 Å². The minimum atomic E-state index is -0.263.